The number of benzene rings is 2. The van der Waals surface area contributed by atoms with Crippen LogP contribution in [0, 0.1) is 18.8 Å². The van der Waals surface area contributed by atoms with E-state index in [2.05, 4.69) is 6.58 Å². The van der Waals surface area contributed by atoms with E-state index in [4.69, 9.17) is 0 Å². The first-order chi connectivity index (χ1) is 12.8. The van der Waals surface area contributed by atoms with E-state index in [9.17, 15) is 13.2 Å². The summed E-state index contributed by atoms with van der Waals surface area (Å²) in [7, 11) is -3.64. The van der Waals surface area contributed by atoms with Crippen molar-refractivity contribution < 1.29 is 13.2 Å². The van der Waals surface area contributed by atoms with E-state index in [0.717, 1.165) is 17.6 Å². The maximum Gasteiger partial charge on any atom is 0.243 e. The predicted molar refractivity (Wildman–Crippen MR) is 107 cm³/mol. The van der Waals surface area contributed by atoms with Gasteiger partial charge >= 0.3 is 0 Å². The number of Topliss-reactive ketones (excluding diaryl/α,β-unsaturated/α-hetero) is 1. The minimum Gasteiger partial charge on any atom is -0.294 e. The molecule has 3 rings (SSSR count). The maximum absolute atomic E-state index is 13.1. The third kappa shape index (κ3) is 3.89. The molecule has 0 unspecified atom stereocenters. The van der Waals surface area contributed by atoms with Gasteiger partial charge in [0.2, 0.25) is 10.0 Å². The normalized spacial score (nSPS) is 20.5. The van der Waals surface area contributed by atoms with Gasteiger partial charge in [0, 0.05) is 30.5 Å². The maximum atomic E-state index is 13.1. The van der Waals surface area contributed by atoms with Crippen molar-refractivity contribution in [1.29, 1.82) is 0 Å². The first-order valence-corrected chi connectivity index (χ1v) is 10.6. The zero-order valence-electron chi connectivity index (χ0n) is 15.8. The molecule has 1 saturated heterocycles. The molecule has 0 radical (unpaired) electrons. The van der Waals surface area contributed by atoms with Crippen LogP contribution in [0.3, 0.4) is 0 Å². The second-order valence-electron chi connectivity index (χ2n) is 7.09. The lowest BCUT2D eigenvalue weighted by molar-refractivity contribution is 0.0909. The van der Waals surface area contributed by atoms with Gasteiger partial charge in [-0.1, -0.05) is 67.1 Å². The number of ketones is 1. The lowest BCUT2D eigenvalue weighted by atomic mass is 9.83. The molecule has 5 heteroatoms. The van der Waals surface area contributed by atoms with Gasteiger partial charge in [-0.25, -0.2) is 8.42 Å². The quantitative estimate of drug-likeness (QED) is 0.558. The Labute approximate surface area is 161 Å². The Kier molecular flexibility index (Phi) is 5.63. The molecule has 142 valence electrons. The molecule has 4 nitrogen and oxygen atoms in total. The zero-order valence-corrected chi connectivity index (χ0v) is 16.6. The number of carbonyl (C=O) groups excluding carboxylic acids is 1. The predicted octanol–water partition coefficient (Wildman–Crippen LogP) is 4.08. The van der Waals surface area contributed by atoms with Gasteiger partial charge in [-0.05, 0) is 25.5 Å². The standard InChI is InChI=1S/C22H25NO3S/c1-4-17(3)20-14-23(27(25,26)19-12-10-16(2)11-13-19)15-21(20)22(24)18-8-6-5-7-9-18/h5-13,20-21H,3-4,14-15H2,1-2H3/t20-,21+/m0/s1. The summed E-state index contributed by atoms with van der Waals surface area (Å²) < 4.78 is 27.6. The second-order valence-corrected chi connectivity index (χ2v) is 9.03. The number of rotatable bonds is 6. The van der Waals surface area contributed by atoms with Crippen LogP contribution in [0.1, 0.15) is 29.3 Å². The summed E-state index contributed by atoms with van der Waals surface area (Å²) in [6.07, 6.45) is 0.724. The Hall–Kier alpha value is -2.24. The van der Waals surface area contributed by atoms with E-state index >= 15 is 0 Å². The summed E-state index contributed by atoms with van der Waals surface area (Å²) in [5, 5.41) is 0. The van der Waals surface area contributed by atoms with Crippen LogP contribution in [0.2, 0.25) is 0 Å². The van der Waals surface area contributed by atoms with Crippen molar-refractivity contribution in [3.63, 3.8) is 0 Å². The fourth-order valence-corrected chi connectivity index (χ4v) is 5.07. The van der Waals surface area contributed by atoms with Crippen LogP contribution in [0.25, 0.3) is 0 Å². The summed E-state index contributed by atoms with van der Waals surface area (Å²) in [5.41, 5.74) is 2.54. The summed E-state index contributed by atoms with van der Waals surface area (Å²) in [6, 6.07) is 15.9. The van der Waals surface area contributed by atoms with Crippen molar-refractivity contribution in [1.82, 2.24) is 4.31 Å². The first kappa shape index (κ1) is 19.5. The van der Waals surface area contributed by atoms with Crippen LogP contribution in [-0.2, 0) is 10.0 Å². The minimum atomic E-state index is -3.64. The summed E-state index contributed by atoms with van der Waals surface area (Å²) in [4.78, 5) is 13.3. The van der Waals surface area contributed by atoms with Crippen LogP contribution in [0.5, 0.6) is 0 Å². The van der Waals surface area contributed by atoms with Gasteiger partial charge in [-0.15, -0.1) is 0 Å². The SMILES string of the molecule is C=C(CC)[C@@H]1CN(S(=O)(=O)c2ccc(C)cc2)C[C@H]1C(=O)c1ccccc1. The van der Waals surface area contributed by atoms with E-state index in [1.54, 1.807) is 36.4 Å². The molecular weight excluding hydrogens is 358 g/mol. The molecule has 0 bridgehead atoms. The fraction of sp³-hybridized carbons (Fsp3) is 0.318. The number of nitrogens with zero attached hydrogens (tertiary/aromatic N) is 1. The highest BCUT2D eigenvalue weighted by Gasteiger charge is 2.43. The van der Waals surface area contributed by atoms with Crippen molar-refractivity contribution in [3.8, 4) is 0 Å². The molecular formula is C22H25NO3S. The lowest BCUT2D eigenvalue weighted by Crippen LogP contribution is -2.30. The van der Waals surface area contributed by atoms with Crippen molar-refractivity contribution in [2.45, 2.75) is 25.2 Å². The highest BCUT2D eigenvalue weighted by molar-refractivity contribution is 7.89. The Morgan fingerprint density at radius 2 is 1.63 bits per heavy atom. The van der Waals surface area contributed by atoms with E-state index in [1.807, 2.05) is 32.0 Å². The summed E-state index contributed by atoms with van der Waals surface area (Å²) in [5.74, 6) is -0.584. The van der Waals surface area contributed by atoms with Crippen molar-refractivity contribution in [2.24, 2.45) is 11.8 Å². The Morgan fingerprint density at radius 1 is 1.04 bits per heavy atom. The molecule has 1 aliphatic heterocycles. The number of aryl methyl sites for hydroxylation is 1. The molecule has 0 spiro atoms. The van der Waals surface area contributed by atoms with Crippen LogP contribution in [-0.4, -0.2) is 31.6 Å². The average molecular weight is 384 g/mol. The van der Waals surface area contributed by atoms with Gasteiger partial charge in [0.15, 0.2) is 5.78 Å². The first-order valence-electron chi connectivity index (χ1n) is 9.18. The van der Waals surface area contributed by atoms with E-state index < -0.39 is 15.9 Å². The molecule has 1 aliphatic rings. The second kappa shape index (κ2) is 7.79. The lowest BCUT2D eigenvalue weighted by Gasteiger charge is -2.18. The highest BCUT2D eigenvalue weighted by Crippen LogP contribution is 2.35. The Balaban J connectivity index is 1.92. The van der Waals surface area contributed by atoms with E-state index in [-0.39, 0.29) is 23.1 Å². The molecule has 2 atom stereocenters. The third-order valence-electron chi connectivity index (χ3n) is 5.32. The highest BCUT2D eigenvalue weighted by atomic mass is 32.2. The molecule has 1 fully saturated rings. The number of hydrogen-bond donors (Lipinski definition) is 0. The largest absolute Gasteiger partial charge is 0.294 e. The molecule has 2 aromatic carbocycles. The summed E-state index contributed by atoms with van der Waals surface area (Å²) >= 11 is 0. The van der Waals surface area contributed by atoms with Gasteiger partial charge in [0.25, 0.3) is 0 Å². The average Bonchev–Trinajstić information content (AvgIpc) is 3.14. The van der Waals surface area contributed by atoms with Gasteiger partial charge in [-0.3, -0.25) is 4.79 Å². The van der Waals surface area contributed by atoms with Crippen molar-refractivity contribution in [3.05, 3.63) is 77.9 Å². The number of hydrogen-bond acceptors (Lipinski definition) is 3. The monoisotopic (exact) mass is 383 g/mol. The topological polar surface area (TPSA) is 54.5 Å². The van der Waals surface area contributed by atoms with Crippen LogP contribution in [0.4, 0.5) is 0 Å². The van der Waals surface area contributed by atoms with E-state index in [0.29, 0.717) is 12.1 Å². The third-order valence-corrected chi connectivity index (χ3v) is 7.16. The zero-order chi connectivity index (χ0) is 19.6. The van der Waals surface area contributed by atoms with Crippen LogP contribution < -0.4 is 0 Å². The molecule has 0 N–H and O–H groups in total. The fourth-order valence-electron chi connectivity index (χ4n) is 3.58. The van der Waals surface area contributed by atoms with Gasteiger partial charge < -0.3 is 0 Å². The molecule has 0 amide bonds. The molecule has 0 aliphatic carbocycles. The smallest absolute Gasteiger partial charge is 0.243 e. The number of sulfonamides is 1. The molecule has 0 aromatic heterocycles. The molecule has 1 heterocycles. The minimum absolute atomic E-state index is 0.0168. The molecule has 27 heavy (non-hydrogen) atoms. The Bertz CT molecular complexity index is 933. The van der Waals surface area contributed by atoms with E-state index in [1.165, 1.54) is 4.31 Å². The molecule has 0 saturated carbocycles. The van der Waals surface area contributed by atoms with Crippen LogP contribution >= 0.6 is 0 Å². The van der Waals surface area contributed by atoms with Gasteiger partial charge in [0.1, 0.15) is 0 Å². The van der Waals surface area contributed by atoms with Crippen LogP contribution in [0.15, 0.2) is 71.6 Å². The van der Waals surface area contributed by atoms with Crippen molar-refractivity contribution in [2.75, 3.05) is 13.1 Å². The summed E-state index contributed by atoms with van der Waals surface area (Å²) in [6.45, 7) is 8.50. The van der Waals surface area contributed by atoms with Gasteiger partial charge in [-0.2, -0.15) is 4.31 Å². The Morgan fingerprint density at radius 3 is 2.22 bits per heavy atom. The number of carbonyl (C=O) groups is 1. The molecule has 2 aromatic rings. The van der Waals surface area contributed by atoms with Gasteiger partial charge in [0.05, 0.1) is 4.90 Å². The van der Waals surface area contributed by atoms with Crippen molar-refractivity contribution >= 4 is 15.8 Å².